The lowest BCUT2D eigenvalue weighted by molar-refractivity contribution is 0.333. The van der Waals surface area contributed by atoms with E-state index in [2.05, 4.69) is 41.8 Å². The summed E-state index contributed by atoms with van der Waals surface area (Å²) in [4.78, 5) is 11.8. The molecule has 0 N–H and O–H groups in total. The second-order valence-corrected chi connectivity index (χ2v) is 5.66. The number of nitrogens with zero attached hydrogens (tertiary/aromatic N) is 2. The van der Waals surface area contributed by atoms with E-state index in [-0.39, 0.29) is 11.0 Å². The third-order valence-electron chi connectivity index (χ3n) is 2.25. The van der Waals surface area contributed by atoms with E-state index < -0.39 is 0 Å². The molecule has 0 saturated heterocycles. The zero-order valence-electron chi connectivity index (χ0n) is 10.1. The summed E-state index contributed by atoms with van der Waals surface area (Å²) < 4.78 is 6.89. The van der Waals surface area contributed by atoms with Crippen molar-refractivity contribution in [2.24, 2.45) is 5.41 Å². The van der Waals surface area contributed by atoms with Gasteiger partial charge in [-0.2, -0.15) is 5.10 Å². The highest BCUT2D eigenvalue weighted by Crippen LogP contribution is 2.20. The van der Waals surface area contributed by atoms with Gasteiger partial charge in [0.25, 0.3) is 5.56 Å². The molecule has 90 valence electrons. The number of methoxy groups -OCH3 is 1. The normalized spacial score (nSPS) is 11.6. The van der Waals surface area contributed by atoms with Crippen LogP contribution in [-0.2, 0) is 6.54 Å². The Hall–Kier alpha value is -0.840. The van der Waals surface area contributed by atoms with Crippen molar-refractivity contribution >= 4 is 15.9 Å². The molecule has 0 aliphatic heterocycles. The number of halogens is 1. The highest BCUT2D eigenvalue weighted by molar-refractivity contribution is 9.10. The first-order valence-corrected chi connectivity index (χ1v) is 5.94. The largest absolute Gasteiger partial charge is 0.494 e. The van der Waals surface area contributed by atoms with Crippen molar-refractivity contribution in [1.29, 1.82) is 0 Å². The number of aryl methyl sites for hydroxylation is 1. The third kappa shape index (κ3) is 3.33. The molecule has 0 aromatic carbocycles. The summed E-state index contributed by atoms with van der Waals surface area (Å²) in [5, 5.41) is 4.06. The van der Waals surface area contributed by atoms with E-state index in [1.54, 1.807) is 6.20 Å². The van der Waals surface area contributed by atoms with Gasteiger partial charge in [-0.05, 0) is 27.8 Å². The molecule has 0 aliphatic rings. The molecule has 1 heterocycles. The van der Waals surface area contributed by atoms with Crippen LogP contribution < -0.4 is 10.3 Å². The number of ether oxygens (including phenoxy) is 1. The fourth-order valence-electron chi connectivity index (χ4n) is 1.19. The van der Waals surface area contributed by atoms with Gasteiger partial charge in [-0.3, -0.25) is 4.79 Å². The minimum Gasteiger partial charge on any atom is -0.494 e. The van der Waals surface area contributed by atoms with E-state index in [0.29, 0.717) is 16.8 Å². The summed E-state index contributed by atoms with van der Waals surface area (Å²) in [6, 6.07) is 0. The van der Waals surface area contributed by atoms with Crippen LogP contribution in [-0.4, -0.2) is 16.9 Å². The Morgan fingerprint density at radius 1 is 1.50 bits per heavy atom. The predicted octanol–water partition coefficient (Wildman–Crippen LogP) is 2.45. The SMILES string of the molecule is COc1cnn(CCC(C)(C)C)c(=O)c1Br. The van der Waals surface area contributed by atoms with Crippen LogP contribution in [0, 0.1) is 5.41 Å². The van der Waals surface area contributed by atoms with E-state index in [9.17, 15) is 4.79 Å². The zero-order valence-corrected chi connectivity index (χ0v) is 11.7. The van der Waals surface area contributed by atoms with Gasteiger partial charge < -0.3 is 4.74 Å². The molecular formula is C11H17BrN2O2. The monoisotopic (exact) mass is 288 g/mol. The lowest BCUT2D eigenvalue weighted by atomic mass is 9.92. The highest BCUT2D eigenvalue weighted by atomic mass is 79.9. The van der Waals surface area contributed by atoms with Crippen LogP contribution in [0.3, 0.4) is 0 Å². The van der Waals surface area contributed by atoms with Crippen LogP contribution in [0.4, 0.5) is 0 Å². The summed E-state index contributed by atoms with van der Waals surface area (Å²) in [5.41, 5.74) is 0.0386. The standard InChI is InChI=1S/C11H17BrN2O2/c1-11(2,3)5-6-14-10(15)9(12)8(16-4)7-13-14/h7H,5-6H2,1-4H3. The lowest BCUT2D eigenvalue weighted by Crippen LogP contribution is -2.25. The first kappa shape index (κ1) is 13.2. The van der Waals surface area contributed by atoms with E-state index in [4.69, 9.17) is 4.74 Å². The van der Waals surface area contributed by atoms with Crippen LogP contribution in [0.2, 0.25) is 0 Å². The molecule has 0 bridgehead atoms. The molecule has 0 amide bonds. The van der Waals surface area contributed by atoms with Gasteiger partial charge in [0.05, 0.1) is 13.3 Å². The maximum Gasteiger partial charge on any atom is 0.284 e. The molecule has 0 aliphatic carbocycles. The molecular weight excluding hydrogens is 272 g/mol. The molecule has 1 aromatic rings. The van der Waals surface area contributed by atoms with Crippen molar-refractivity contribution in [3.05, 3.63) is 21.0 Å². The quantitative estimate of drug-likeness (QED) is 0.858. The van der Waals surface area contributed by atoms with Gasteiger partial charge in [-0.15, -0.1) is 0 Å². The summed E-state index contributed by atoms with van der Waals surface area (Å²) >= 11 is 3.21. The molecule has 0 spiro atoms. The maximum atomic E-state index is 11.8. The average Bonchev–Trinajstić information content (AvgIpc) is 2.19. The average molecular weight is 289 g/mol. The fraction of sp³-hybridized carbons (Fsp3) is 0.636. The molecule has 0 saturated carbocycles. The summed E-state index contributed by atoms with van der Waals surface area (Å²) in [6.45, 7) is 7.02. The summed E-state index contributed by atoms with van der Waals surface area (Å²) in [7, 11) is 1.51. The Balaban J connectivity index is 2.92. The van der Waals surface area contributed by atoms with E-state index in [0.717, 1.165) is 6.42 Å². The maximum absolute atomic E-state index is 11.8. The lowest BCUT2D eigenvalue weighted by Gasteiger charge is -2.18. The molecule has 0 radical (unpaired) electrons. The Morgan fingerprint density at radius 2 is 2.12 bits per heavy atom. The second-order valence-electron chi connectivity index (χ2n) is 4.87. The molecule has 0 unspecified atom stereocenters. The van der Waals surface area contributed by atoms with Crippen molar-refractivity contribution in [3.63, 3.8) is 0 Å². The smallest absolute Gasteiger partial charge is 0.284 e. The molecule has 4 nitrogen and oxygen atoms in total. The molecule has 0 fully saturated rings. The minimum absolute atomic E-state index is 0.149. The van der Waals surface area contributed by atoms with E-state index in [1.807, 2.05) is 0 Å². The summed E-state index contributed by atoms with van der Waals surface area (Å²) in [6.07, 6.45) is 2.45. The Morgan fingerprint density at radius 3 is 2.62 bits per heavy atom. The van der Waals surface area contributed by atoms with Crippen molar-refractivity contribution in [2.75, 3.05) is 7.11 Å². The number of rotatable bonds is 3. The van der Waals surface area contributed by atoms with Crippen LogP contribution in [0.5, 0.6) is 5.75 Å². The highest BCUT2D eigenvalue weighted by Gasteiger charge is 2.13. The Kier molecular flexibility index (Phi) is 4.13. The number of hydrogen-bond donors (Lipinski definition) is 0. The number of hydrogen-bond acceptors (Lipinski definition) is 3. The fourth-order valence-corrected chi connectivity index (χ4v) is 1.66. The predicted molar refractivity (Wildman–Crippen MR) is 66.8 cm³/mol. The minimum atomic E-state index is -0.149. The van der Waals surface area contributed by atoms with Gasteiger partial charge in [0, 0.05) is 6.54 Å². The van der Waals surface area contributed by atoms with Crippen molar-refractivity contribution in [2.45, 2.75) is 33.7 Å². The Labute approximate surface area is 104 Å². The third-order valence-corrected chi connectivity index (χ3v) is 2.98. The number of aromatic nitrogens is 2. The van der Waals surface area contributed by atoms with Crippen molar-refractivity contribution in [3.8, 4) is 5.75 Å². The van der Waals surface area contributed by atoms with Crippen LogP contribution in [0.15, 0.2) is 15.5 Å². The first-order chi connectivity index (χ1) is 7.35. The van der Waals surface area contributed by atoms with Gasteiger partial charge in [-0.1, -0.05) is 20.8 Å². The van der Waals surface area contributed by atoms with Gasteiger partial charge in [0.2, 0.25) is 0 Å². The van der Waals surface area contributed by atoms with E-state index >= 15 is 0 Å². The zero-order chi connectivity index (χ0) is 12.3. The van der Waals surface area contributed by atoms with Gasteiger partial charge in [-0.25, -0.2) is 4.68 Å². The van der Waals surface area contributed by atoms with Crippen LogP contribution >= 0.6 is 15.9 Å². The van der Waals surface area contributed by atoms with Gasteiger partial charge in [0.15, 0.2) is 5.75 Å². The van der Waals surface area contributed by atoms with E-state index in [1.165, 1.54) is 11.8 Å². The van der Waals surface area contributed by atoms with Crippen molar-refractivity contribution in [1.82, 2.24) is 9.78 Å². The molecule has 16 heavy (non-hydrogen) atoms. The molecule has 1 rings (SSSR count). The van der Waals surface area contributed by atoms with Crippen molar-refractivity contribution < 1.29 is 4.74 Å². The van der Waals surface area contributed by atoms with Crippen LogP contribution in [0.1, 0.15) is 27.2 Å². The Bertz CT molecular complexity index is 421. The van der Waals surface area contributed by atoms with Gasteiger partial charge in [0.1, 0.15) is 4.47 Å². The van der Waals surface area contributed by atoms with Crippen LogP contribution in [0.25, 0.3) is 0 Å². The molecule has 0 atom stereocenters. The molecule has 5 heteroatoms. The summed E-state index contributed by atoms with van der Waals surface area (Å²) in [5.74, 6) is 0.469. The molecule has 1 aromatic heterocycles. The second kappa shape index (κ2) is 4.99. The first-order valence-electron chi connectivity index (χ1n) is 5.15. The van der Waals surface area contributed by atoms with Gasteiger partial charge >= 0.3 is 0 Å². The topological polar surface area (TPSA) is 44.1 Å².